The second kappa shape index (κ2) is 7.80. The summed E-state index contributed by atoms with van der Waals surface area (Å²) in [6.07, 6.45) is 4.87. The van der Waals surface area contributed by atoms with Crippen LogP contribution in [0.3, 0.4) is 0 Å². The summed E-state index contributed by atoms with van der Waals surface area (Å²) >= 11 is 0. The minimum Gasteiger partial charge on any atom is -0.465 e. The van der Waals surface area contributed by atoms with E-state index in [2.05, 4.69) is 54.3 Å². The number of rotatable bonds is 8. The van der Waals surface area contributed by atoms with Gasteiger partial charge in [-0.1, -0.05) is 62.6 Å². The number of ether oxygens (including phenoxy) is 1. The van der Waals surface area contributed by atoms with Crippen LogP contribution in [0.2, 0.25) is 0 Å². The summed E-state index contributed by atoms with van der Waals surface area (Å²) in [7, 11) is 0. The fourth-order valence-electron chi connectivity index (χ4n) is 3.53. The first-order chi connectivity index (χ1) is 11.8. The first-order valence-corrected chi connectivity index (χ1v) is 9.17. The molecule has 1 heterocycles. The highest BCUT2D eigenvalue weighted by atomic mass is 16.5. The molecule has 3 heteroatoms. The maximum atomic E-state index is 12.3. The summed E-state index contributed by atoms with van der Waals surface area (Å²) in [5, 5.41) is 2.47. The number of hydrogen-bond acceptors (Lipinski definition) is 3. The Morgan fingerprint density at radius 3 is 2.58 bits per heavy atom. The summed E-state index contributed by atoms with van der Waals surface area (Å²) in [5.41, 5.74) is 1.22. The summed E-state index contributed by atoms with van der Waals surface area (Å²) in [6.45, 7) is 5.51. The fourth-order valence-corrected chi connectivity index (χ4v) is 3.53. The van der Waals surface area contributed by atoms with Gasteiger partial charge in [0.2, 0.25) is 0 Å². The third-order valence-corrected chi connectivity index (χ3v) is 4.84. The lowest BCUT2D eigenvalue weighted by atomic mass is 10.0. The number of fused-ring (bicyclic) bond motifs is 1. The topological polar surface area (TPSA) is 29.3 Å². The van der Waals surface area contributed by atoms with Crippen LogP contribution in [-0.2, 0) is 9.53 Å². The molecule has 0 saturated carbocycles. The van der Waals surface area contributed by atoms with Gasteiger partial charge in [-0.25, -0.2) is 0 Å². The molecule has 0 radical (unpaired) electrons. The van der Waals surface area contributed by atoms with Gasteiger partial charge in [0, 0.05) is 0 Å². The molecule has 3 rings (SSSR count). The zero-order valence-corrected chi connectivity index (χ0v) is 14.7. The molecular weight excluding hydrogens is 298 g/mol. The maximum Gasteiger partial charge on any atom is 0.325 e. The van der Waals surface area contributed by atoms with E-state index in [-0.39, 0.29) is 18.1 Å². The molecule has 0 amide bonds. The molecule has 0 aliphatic carbocycles. The molecule has 0 spiro atoms. The number of carbonyl (C=O) groups excluding carboxylic acids is 1. The number of nitrogens with zero attached hydrogens (tertiary/aromatic N) is 1. The van der Waals surface area contributed by atoms with E-state index in [1.54, 1.807) is 0 Å². The number of unbranched alkanes of at least 4 members (excludes halogenated alkanes) is 3. The summed E-state index contributed by atoms with van der Waals surface area (Å²) in [5.74, 6) is -0.0776. The Bertz CT molecular complexity index is 697. The second-order valence-electron chi connectivity index (χ2n) is 6.55. The number of hydrogen-bond donors (Lipinski definition) is 0. The van der Waals surface area contributed by atoms with Gasteiger partial charge in [0.05, 0.1) is 12.6 Å². The van der Waals surface area contributed by atoms with E-state index < -0.39 is 0 Å². The highest BCUT2D eigenvalue weighted by Crippen LogP contribution is 2.44. The molecule has 2 aromatic rings. The minimum atomic E-state index is -0.104. The van der Waals surface area contributed by atoms with Gasteiger partial charge in [0.25, 0.3) is 0 Å². The largest absolute Gasteiger partial charge is 0.465 e. The normalized spacial score (nSPS) is 22.5. The fraction of sp³-hybridized carbons (Fsp3) is 0.476. The number of esters is 1. The standard InChI is InChI=1S/C21H27NO2/c1-3-5-6-9-14-22-19(20(22)21(23)24-4-2)18-13-12-16-10-7-8-11-17(16)15-18/h7-8,10-13,15,19-20H,3-6,9,14H2,1-2H3/t19-,20+,22?/m0/s1. The molecule has 1 unspecified atom stereocenters. The predicted molar refractivity (Wildman–Crippen MR) is 98.0 cm³/mol. The van der Waals surface area contributed by atoms with Gasteiger partial charge in [-0.2, -0.15) is 0 Å². The summed E-state index contributed by atoms with van der Waals surface area (Å²) in [4.78, 5) is 14.6. The van der Waals surface area contributed by atoms with Crippen molar-refractivity contribution in [3.8, 4) is 0 Å². The van der Waals surface area contributed by atoms with Crippen LogP contribution in [-0.4, -0.2) is 30.1 Å². The van der Waals surface area contributed by atoms with Crippen molar-refractivity contribution in [3.63, 3.8) is 0 Å². The molecule has 1 fully saturated rings. The smallest absolute Gasteiger partial charge is 0.325 e. The van der Waals surface area contributed by atoms with E-state index >= 15 is 0 Å². The highest BCUT2D eigenvalue weighted by molar-refractivity contribution is 5.85. The van der Waals surface area contributed by atoms with Crippen LogP contribution in [0.4, 0.5) is 0 Å². The Balaban J connectivity index is 1.75. The van der Waals surface area contributed by atoms with Crippen molar-refractivity contribution >= 4 is 16.7 Å². The molecule has 3 atom stereocenters. The third-order valence-electron chi connectivity index (χ3n) is 4.84. The minimum absolute atomic E-state index is 0.0776. The summed E-state index contributed by atoms with van der Waals surface area (Å²) in [6, 6.07) is 15.0. The van der Waals surface area contributed by atoms with Crippen LogP contribution < -0.4 is 0 Å². The zero-order valence-electron chi connectivity index (χ0n) is 14.7. The van der Waals surface area contributed by atoms with Gasteiger partial charge < -0.3 is 4.74 Å². The quantitative estimate of drug-likeness (QED) is 0.400. The Morgan fingerprint density at radius 2 is 1.83 bits per heavy atom. The molecule has 1 saturated heterocycles. The number of carbonyl (C=O) groups is 1. The molecule has 3 nitrogen and oxygen atoms in total. The van der Waals surface area contributed by atoms with Crippen molar-refractivity contribution in [2.24, 2.45) is 0 Å². The van der Waals surface area contributed by atoms with Crippen LogP contribution in [0.1, 0.15) is 51.1 Å². The predicted octanol–water partition coefficient (Wildman–Crippen LogP) is 4.71. The lowest BCUT2D eigenvalue weighted by Gasteiger charge is -2.05. The third kappa shape index (κ3) is 3.62. The average molecular weight is 325 g/mol. The van der Waals surface area contributed by atoms with Crippen molar-refractivity contribution in [2.45, 2.75) is 51.6 Å². The molecule has 0 N–H and O–H groups in total. The summed E-state index contributed by atoms with van der Waals surface area (Å²) < 4.78 is 5.28. The first kappa shape index (κ1) is 17.0. The van der Waals surface area contributed by atoms with Crippen molar-refractivity contribution in [2.75, 3.05) is 13.2 Å². The van der Waals surface area contributed by atoms with Gasteiger partial charge in [0.15, 0.2) is 0 Å². The van der Waals surface area contributed by atoms with Crippen LogP contribution >= 0.6 is 0 Å². The van der Waals surface area contributed by atoms with Crippen LogP contribution in [0.5, 0.6) is 0 Å². The highest BCUT2D eigenvalue weighted by Gasteiger charge is 2.53. The molecule has 0 bridgehead atoms. The van der Waals surface area contributed by atoms with Gasteiger partial charge >= 0.3 is 5.97 Å². The van der Waals surface area contributed by atoms with Crippen molar-refractivity contribution < 1.29 is 9.53 Å². The number of benzene rings is 2. The lowest BCUT2D eigenvalue weighted by Crippen LogP contribution is -2.16. The molecule has 1 aliphatic rings. The van der Waals surface area contributed by atoms with E-state index in [9.17, 15) is 4.79 Å². The van der Waals surface area contributed by atoms with E-state index in [1.165, 1.54) is 35.6 Å². The molecule has 2 aromatic carbocycles. The van der Waals surface area contributed by atoms with Gasteiger partial charge in [-0.15, -0.1) is 0 Å². The van der Waals surface area contributed by atoms with Gasteiger partial charge in [-0.3, -0.25) is 9.69 Å². The van der Waals surface area contributed by atoms with Crippen molar-refractivity contribution in [3.05, 3.63) is 48.0 Å². The molecule has 128 valence electrons. The lowest BCUT2D eigenvalue weighted by molar-refractivity contribution is -0.143. The Kier molecular flexibility index (Phi) is 5.52. The first-order valence-electron chi connectivity index (χ1n) is 9.17. The Hall–Kier alpha value is -1.87. The van der Waals surface area contributed by atoms with Crippen LogP contribution in [0, 0.1) is 0 Å². The second-order valence-corrected chi connectivity index (χ2v) is 6.55. The van der Waals surface area contributed by atoms with Crippen LogP contribution in [0.15, 0.2) is 42.5 Å². The zero-order chi connectivity index (χ0) is 16.9. The molecule has 0 aromatic heterocycles. The average Bonchev–Trinajstić information content (AvgIpc) is 3.33. The van der Waals surface area contributed by atoms with E-state index in [1.807, 2.05) is 6.92 Å². The van der Waals surface area contributed by atoms with E-state index in [0.29, 0.717) is 6.61 Å². The van der Waals surface area contributed by atoms with Crippen molar-refractivity contribution in [1.29, 1.82) is 0 Å². The van der Waals surface area contributed by atoms with Gasteiger partial charge in [-0.05, 0) is 42.3 Å². The monoisotopic (exact) mass is 325 g/mol. The van der Waals surface area contributed by atoms with Gasteiger partial charge in [0.1, 0.15) is 6.04 Å². The Morgan fingerprint density at radius 1 is 1.04 bits per heavy atom. The van der Waals surface area contributed by atoms with E-state index in [4.69, 9.17) is 4.74 Å². The molecule has 1 aliphatic heterocycles. The molecule has 24 heavy (non-hydrogen) atoms. The SMILES string of the molecule is CCCCCCN1[C@@H](C(=O)OCC)[C@@H]1c1ccc2ccccc2c1. The maximum absolute atomic E-state index is 12.3. The van der Waals surface area contributed by atoms with E-state index in [0.717, 1.165) is 13.0 Å². The van der Waals surface area contributed by atoms with Crippen LogP contribution in [0.25, 0.3) is 10.8 Å². The Labute approximate surface area is 144 Å². The molecular formula is C21H27NO2. The van der Waals surface area contributed by atoms with Crippen molar-refractivity contribution in [1.82, 2.24) is 4.90 Å².